The number of likely N-dealkylation sites (N-methyl/N-ethyl adjacent to an activating group) is 1. The monoisotopic (exact) mass is 407 g/mol. The van der Waals surface area contributed by atoms with E-state index in [1.165, 1.54) is 4.90 Å². The number of aromatic nitrogens is 4. The van der Waals surface area contributed by atoms with Crippen molar-refractivity contribution >= 4 is 6.09 Å². The quantitative estimate of drug-likeness (QED) is 0.686. The van der Waals surface area contributed by atoms with E-state index in [1.807, 2.05) is 51.1 Å². The van der Waals surface area contributed by atoms with Crippen molar-refractivity contribution < 1.29 is 14.6 Å². The summed E-state index contributed by atoms with van der Waals surface area (Å²) in [5, 5.41) is 26.4. The minimum Gasteiger partial charge on any atom is -0.508 e. The zero-order valence-corrected chi connectivity index (χ0v) is 17.5. The largest absolute Gasteiger partial charge is 0.508 e. The number of nitrogens with zero attached hydrogens (tertiary/aromatic N) is 5. The van der Waals surface area contributed by atoms with Crippen LogP contribution in [0.25, 0.3) is 11.4 Å². The first-order chi connectivity index (χ1) is 14.2. The van der Waals surface area contributed by atoms with Gasteiger partial charge in [-0.25, -0.2) is 4.79 Å². The molecule has 3 rings (SSSR count). The van der Waals surface area contributed by atoms with E-state index in [2.05, 4.69) is 20.4 Å². The molecule has 0 saturated carbocycles. The molecule has 0 aliphatic carbocycles. The summed E-state index contributed by atoms with van der Waals surface area (Å²) in [6.45, 7) is 5.42. The number of hydrogen-bond donors (Lipinski definition) is 1. The van der Waals surface area contributed by atoms with Crippen LogP contribution in [0.1, 0.15) is 38.2 Å². The molecule has 0 spiro atoms. The maximum Gasteiger partial charge on any atom is 0.410 e. The highest BCUT2D eigenvalue weighted by molar-refractivity contribution is 5.68. The first-order valence-electron chi connectivity index (χ1n) is 9.59. The minimum absolute atomic E-state index is 0.169. The molecule has 8 heteroatoms. The molecular weight excluding hydrogens is 382 g/mol. The first-order valence-corrected chi connectivity index (χ1v) is 9.59. The van der Waals surface area contributed by atoms with Crippen molar-refractivity contribution in [2.45, 2.75) is 38.8 Å². The zero-order valence-electron chi connectivity index (χ0n) is 17.5. The van der Waals surface area contributed by atoms with Gasteiger partial charge in [-0.2, -0.15) is 0 Å². The summed E-state index contributed by atoms with van der Waals surface area (Å²) in [6.07, 6.45) is -0.0913. The summed E-state index contributed by atoms with van der Waals surface area (Å²) in [5.74, 6) is 0.876. The molecule has 0 bridgehead atoms. The van der Waals surface area contributed by atoms with Crippen LogP contribution in [-0.2, 0) is 11.2 Å². The van der Waals surface area contributed by atoms with Gasteiger partial charge in [0, 0.05) is 19.0 Å². The predicted octanol–water partition coefficient (Wildman–Crippen LogP) is 3.79. The summed E-state index contributed by atoms with van der Waals surface area (Å²) < 4.78 is 5.50. The number of ether oxygens (including phenoxy) is 1. The lowest BCUT2D eigenvalue weighted by Crippen LogP contribution is -2.38. The molecule has 8 nitrogen and oxygen atoms in total. The van der Waals surface area contributed by atoms with Crippen LogP contribution in [0.3, 0.4) is 0 Å². The van der Waals surface area contributed by atoms with Gasteiger partial charge >= 0.3 is 6.09 Å². The fourth-order valence-electron chi connectivity index (χ4n) is 2.79. The van der Waals surface area contributed by atoms with Gasteiger partial charge in [-0.05, 0) is 38.5 Å². The van der Waals surface area contributed by atoms with Crippen molar-refractivity contribution in [1.82, 2.24) is 25.3 Å². The van der Waals surface area contributed by atoms with Gasteiger partial charge in [0.15, 0.2) is 5.82 Å². The number of rotatable bonds is 5. The molecule has 0 radical (unpaired) electrons. The van der Waals surface area contributed by atoms with Crippen LogP contribution in [0.5, 0.6) is 5.75 Å². The Balaban J connectivity index is 1.89. The molecule has 1 unspecified atom stereocenters. The van der Waals surface area contributed by atoms with Gasteiger partial charge in [0.2, 0.25) is 5.82 Å². The van der Waals surface area contributed by atoms with Crippen LogP contribution in [0.4, 0.5) is 4.79 Å². The third-order valence-corrected chi connectivity index (χ3v) is 4.34. The van der Waals surface area contributed by atoms with E-state index < -0.39 is 17.7 Å². The Morgan fingerprint density at radius 3 is 2.17 bits per heavy atom. The topological polar surface area (TPSA) is 101 Å². The van der Waals surface area contributed by atoms with Gasteiger partial charge in [-0.1, -0.05) is 42.5 Å². The van der Waals surface area contributed by atoms with Crippen molar-refractivity contribution in [3.63, 3.8) is 0 Å². The summed E-state index contributed by atoms with van der Waals surface area (Å²) in [7, 11) is 1.63. The number of aromatic hydroxyl groups is 1. The fourth-order valence-corrected chi connectivity index (χ4v) is 2.79. The number of carbonyl (C=O) groups is 1. The lowest BCUT2D eigenvalue weighted by Gasteiger charge is -2.29. The van der Waals surface area contributed by atoms with E-state index in [9.17, 15) is 9.90 Å². The predicted molar refractivity (Wildman–Crippen MR) is 112 cm³/mol. The number of benzene rings is 2. The lowest BCUT2D eigenvalue weighted by molar-refractivity contribution is 0.0210. The molecule has 0 aliphatic heterocycles. The Kier molecular flexibility index (Phi) is 6.25. The molecule has 1 heterocycles. The van der Waals surface area contributed by atoms with Crippen LogP contribution in [0.15, 0.2) is 54.6 Å². The van der Waals surface area contributed by atoms with Gasteiger partial charge in [0.05, 0.1) is 0 Å². The number of carbonyl (C=O) groups excluding carboxylic acids is 1. The molecule has 1 amide bonds. The SMILES string of the molecule is CN(C(=O)OC(C)(C)C)C(Cc1ccc(O)cc1)c1nnc(-c2ccccc2)nn1. The minimum atomic E-state index is -0.636. The summed E-state index contributed by atoms with van der Waals surface area (Å²) in [5.41, 5.74) is 1.06. The Bertz CT molecular complexity index is 970. The molecule has 3 aromatic rings. The number of amides is 1. The summed E-state index contributed by atoms with van der Waals surface area (Å²) in [4.78, 5) is 14.1. The maximum atomic E-state index is 12.7. The summed E-state index contributed by atoms with van der Waals surface area (Å²) >= 11 is 0. The zero-order chi connectivity index (χ0) is 21.7. The number of hydrogen-bond acceptors (Lipinski definition) is 7. The van der Waals surface area contributed by atoms with Crippen LogP contribution < -0.4 is 0 Å². The van der Waals surface area contributed by atoms with Crippen LogP contribution in [-0.4, -0.2) is 49.1 Å². The van der Waals surface area contributed by atoms with Crippen molar-refractivity contribution in [2.75, 3.05) is 7.05 Å². The van der Waals surface area contributed by atoms with Gasteiger partial charge in [-0.3, -0.25) is 0 Å². The third-order valence-electron chi connectivity index (χ3n) is 4.34. The standard InChI is InChI=1S/C22H25N5O3/c1-22(2,3)30-21(29)27(4)18(14-15-10-12-17(28)13-11-15)20-25-23-19(24-26-20)16-8-6-5-7-9-16/h5-13,18,28H,14H2,1-4H3. The second-order valence-corrected chi connectivity index (χ2v) is 7.93. The van der Waals surface area contributed by atoms with E-state index in [0.717, 1.165) is 11.1 Å². The van der Waals surface area contributed by atoms with E-state index in [1.54, 1.807) is 31.3 Å². The highest BCUT2D eigenvalue weighted by atomic mass is 16.6. The Morgan fingerprint density at radius 1 is 1.00 bits per heavy atom. The van der Waals surface area contributed by atoms with Crippen LogP contribution >= 0.6 is 0 Å². The van der Waals surface area contributed by atoms with Gasteiger partial charge in [0.1, 0.15) is 17.4 Å². The molecule has 0 fully saturated rings. The average Bonchev–Trinajstić information content (AvgIpc) is 2.72. The van der Waals surface area contributed by atoms with Crippen molar-refractivity contribution in [3.05, 3.63) is 66.0 Å². The van der Waals surface area contributed by atoms with Gasteiger partial charge in [0.25, 0.3) is 0 Å². The van der Waals surface area contributed by atoms with E-state index in [0.29, 0.717) is 18.1 Å². The molecule has 0 aliphatic rings. The van der Waals surface area contributed by atoms with E-state index in [-0.39, 0.29) is 5.75 Å². The molecule has 1 atom stereocenters. The first kappa shape index (κ1) is 21.2. The highest BCUT2D eigenvalue weighted by Crippen LogP contribution is 2.24. The Labute approximate surface area is 175 Å². The summed E-state index contributed by atoms with van der Waals surface area (Å²) in [6, 6.07) is 15.6. The van der Waals surface area contributed by atoms with E-state index >= 15 is 0 Å². The molecular formula is C22H25N5O3. The molecule has 0 saturated heterocycles. The highest BCUT2D eigenvalue weighted by Gasteiger charge is 2.29. The number of phenols is 1. The smallest absolute Gasteiger partial charge is 0.410 e. The molecule has 1 N–H and O–H groups in total. The molecule has 30 heavy (non-hydrogen) atoms. The Morgan fingerprint density at radius 2 is 1.60 bits per heavy atom. The van der Waals surface area contributed by atoms with Crippen LogP contribution in [0, 0.1) is 0 Å². The maximum absolute atomic E-state index is 12.7. The van der Waals surface area contributed by atoms with E-state index in [4.69, 9.17) is 4.74 Å². The lowest BCUT2D eigenvalue weighted by atomic mass is 10.0. The fraction of sp³-hybridized carbons (Fsp3) is 0.318. The van der Waals surface area contributed by atoms with Crippen molar-refractivity contribution in [2.24, 2.45) is 0 Å². The van der Waals surface area contributed by atoms with Crippen molar-refractivity contribution in [1.29, 1.82) is 0 Å². The third kappa shape index (κ3) is 5.50. The van der Waals surface area contributed by atoms with Gasteiger partial charge < -0.3 is 14.7 Å². The molecule has 156 valence electrons. The normalized spacial score (nSPS) is 12.3. The molecule has 2 aromatic carbocycles. The second-order valence-electron chi connectivity index (χ2n) is 7.93. The van der Waals surface area contributed by atoms with Gasteiger partial charge in [-0.15, -0.1) is 20.4 Å². The number of phenolic OH excluding ortho intramolecular Hbond substituents is 1. The average molecular weight is 407 g/mol. The molecule has 1 aromatic heterocycles. The Hall–Kier alpha value is -3.55. The van der Waals surface area contributed by atoms with Crippen LogP contribution in [0.2, 0.25) is 0 Å². The second kappa shape index (κ2) is 8.86. The van der Waals surface area contributed by atoms with Crippen molar-refractivity contribution in [3.8, 4) is 17.1 Å².